The molecular formula is C33H38N6. The van der Waals surface area contributed by atoms with Crippen molar-refractivity contribution in [3.63, 3.8) is 0 Å². The first-order valence-corrected chi connectivity index (χ1v) is 14.4. The van der Waals surface area contributed by atoms with Gasteiger partial charge in [0.25, 0.3) is 0 Å². The van der Waals surface area contributed by atoms with Gasteiger partial charge in [-0.3, -0.25) is 4.90 Å². The van der Waals surface area contributed by atoms with E-state index in [-0.39, 0.29) is 5.92 Å². The quantitative estimate of drug-likeness (QED) is 0.312. The zero-order valence-electron chi connectivity index (χ0n) is 23.7. The fraction of sp³-hybridized carbons (Fsp3) is 0.424. The third kappa shape index (κ3) is 4.92. The Hall–Kier alpha value is -3.69. The molecule has 0 radical (unpaired) electrons. The molecule has 0 saturated carbocycles. The lowest BCUT2D eigenvalue weighted by Gasteiger charge is -2.29. The van der Waals surface area contributed by atoms with Crippen molar-refractivity contribution >= 4 is 22.5 Å². The molecule has 0 N–H and O–H groups in total. The van der Waals surface area contributed by atoms with Gasteiger partial charge < -0.3 is 9.47 Å². The molecule has 0 atom stereocenters. The summed E-state index contributed by atoms with van der Waals surface area (Å²) in [4.78, 5) is 14.7. The molecule has 0 aliphatic carbocycles. The second kappa shape index (κ2) is 10.5. The van der Waals surface area contributed by atoms with Crippen LogP contribution in [-0.2, 0) is 32.4 Å². The highest BCUT2D eigenvalue weighted by molar-refractivity contribution is 5.76. The number of likely N-dealkylation sites (tertiary alicyclic amines) is 1. The summed E-state index contributed by atoms with van der Waals surface area (Å²) < 4.78 is 2.30. The Kier molecular flexibility index (Phi) is 6.86. The lowest BCUT2D eigenvalue weighted by molar-refractivity contribution is 0.198. The van der Waals surface area contributed by atoms with Gasteiger partial charge in [-0.1, -0.05) is 31.2 Å². The third-order valence-corrected chi connectivity index (χ3v) is 8.61. The smallest absolute Gasteiger partial charge is 0.160 e. The normalized spacial score (nSPS) is 16.1. The second-order valence-corrected chi connectivity index (χ2v) is 11.4. The molecule has 0 amide bonds. The Bertz CT molecular complexity index is 1570. The Morgan fingerprint density at radius 1 is 0.897 bits per heavy atom. The lowest BCUT2D eigenvalue weighted by Crippen LogP contribution is -2.32. The maximum Gasteiger partial charge on any atom is 0.160 e. The Morgan fingerprint density at radius 3 is 2.15 bits per heavy atom. The van der Waals surface area contributed by atoms with Crippen LogP contribution in [0.25, 0.3) is 11.2 Å². The highest BCUT2D eigenvalue weighted by Crippen LogP contribution is 2.36. The van der Waals surface area contributed by atoms with E-state index < -0.39 is 0 Å². The second-order valence-electron chi connectivity index (χ2n) is 11.4. The molecule has 0 spiro atoms. The first-order chi connectivity index (χ1) is 18.9. The lowest BCUT2D eigenvalue weighted by atomic mass is 9.97. The van der Waals surface area contributed by atoms with Gasteiger partial charge in [0.05, 0.1) is 12.6 Å². The molecule has 2 aromatic carbocycles. The van der Waals surface area contributed by atoms with Crippen LogP contribution in [0.3, 0.4) is 0 Å². The Morgan fingerprint density at radius 2 is 1.54 bits per heavy atom. The van der Waals surface area contributed by atoms with Crippen molar-refractivity contribution in [3.05, 3.63) is 81.8 Å². The van der Waals surface area contributed by atoms with Gasteiger partial charge in [0, 0.05) is 43.0 Å². The molecule has 6 nitrogen and oxygen atoms in total. The highest BCUT2D eigenvalue weighted by Gasteiger charge is 2.22. The summed E-state index contributed by atoms with van der Waals surface area (Å²) in [6.07, 6.45) is 4.93. The van der Waals surface area contributed by atoms with E-state index in [1.807, 2.05) is 0 Å². The molecule has 2 aliphatic rings. The number of pyridine rings is 1. The van der Waals surface area contributed by atoms with Gasteiger partial charge in [-0.15, -0.1) is 0 Å². The van der Waals surface area contributed by atoms with Crippen LogP contribution in [-0.4, -0.2) is 39.6 Å². The number of nitrogens with zero attached hydrogens (tertiary/aromatic N) is 6. The number of anilines is 2. The van der Waals surface area contributed by atoms with Crippen LogP contribution >= 0.6 is 0 Å². The van der Waals surface area contributed by atoms with Crippen molar-refractivity contribution in [2.75, 3.05) is 25.0 Å². The molecular weight excluding hydrogens is 480 g/mol. The number of aromatic nitrogens is 3. The van der Waals surface area contributed by atoms with Gasteiger partial charge in [0.2, 0.25) is 0 Å². The van der Waals surface area contributed by atoms with E-state index in [4.69, 9.17) is 9.97 Å². The summed E-state index contributed by atoms with van der Waals surface area (Å²) in [5.74, 6) is 1.32. The van der Waals surface area contributed by atoms with E-state index in [2.05, 4.69) is 90.7 Å². The van der Waals surface area contributed by atoms with Crippen molar-refractivity contribution in [2.45, 2.75) is 66.0 Å². The van der Waals surface area contributed by atoms with Crippen LogP contribution in [0.15, 0.2) is 42.5 Å². The van der Waals surface area contributed by atoms with E-state index in [0.29, 0.717) is 0 Å². The molecule has 4 aromatic rings. The van der Waals surface area contributed by atoms with Crippen LogP contribution in [0.2, 0.25) is 0 Å². The van der Waals surface area contributed by atoms with Gasteiger partial charge >= 0.3 is 0 Å². The average Bonchev–Trinajstić information content (AvgIpc) is 3.22. The number of fused-ring (bicyclic) bond motifs is 3. The first-order valence-electron chi connectivity index (χ1n) is 14.4. The SMILES string of the molecule is CCc1nc2c(C)cc(C)nc2n1Cc1ccc2c(c1)CCc1cc(CN3CCC(C#N)CC3)ccc1N2C. The topological polar surface area (TPSA) is 61.0 Å². The zero-order valence-corrected chi connectivity index (χ0v) is 23.7. The molecule has 6 heteroatoms. The maximum atomic E-state index is 9.21. The van der Waals surface area contributed by atoms with Gasteiger partial charge in [0.1, 0.15) is 11.3 Å². The monoisotopic (exact) mass is 518 g/mol. The van der Waals surface area contributed by atoms with Crippen molar-refractivity contribution in [3.8, 4) is 6.07 Å². The third-order valence-electron chi connectivity index (χ3n) is 8.61. The van der Waals surface area contributed by atoms with E-state index in [9.17, 15) is 5.26 Å². The molecule has 4 heterocycles. The Balaban J connectivity index is 1.24. The number of nitriles is 1. The van der Waals surface area contributed by atoms with E-state index in [1.54, 1.807) is 0 Å². The number of benzene rings is 2. The number of hydrogen-bond acceptors (Lipinski definition) is 5. The number of hydrogen-bond donors (Lipinski definition) is 0. The predicted molar refractivity (Wildman–Crippen MR) is 157 cm³/mol. The fourth-order valence-electron chi connectivity index (χ4n) is 6.47. The van der Waals surface area contributed by atoms with Crippen molar-refractivity contribution in [2.24, 2.45) is 5.92 Å². The molecule has 1 saturated heterocycles. The summed E-state index contributed by atoms with van der Waals surface area (Å²) in [6.45, 7) is 10.2. The van der Waals surface area contributed by atoms with E-state index >= 15 is 0 Å². The molecule has 1 fully saturated rings. The van der Waals surface area contributed by atoms with Crippen LogP contribution in [0.5, 0.6) is 0 Å². The number of aryl methyl sites for hydroxylation is 5. The van der Waals surface area contributed by atoms with Crippen molar-refractivity contribution < 1.29 is 0 Å². The maximum absolute atomic E-state index is 9.21. The summed E-state index contributed by atoms with van der Waals surface area (Å²) in [7, 11) is 2.20. The first kappa shape index (κ1) is 25.6. The minimum atomic E-state index is 0.232. The van der Waals surface area contributed by atoms with Crippen LogP contribution in [0.4, 0.5) is 11.4 Å². The highest BCUT2D eigenvalue weighted by atomic mass is 15.1. The average molecular weight is 519 g/mol. The summed E-state index contributed by atoms with van der Waals surface area (Å²) in [5, 5.41) is 9.21. The van der Waals surface area contributed by atoms with Gasteiger partial charge in [-0.2, -0.15) is 5.26 Å². The van der Waals surface area contributed by atoms with Gasteiger partial charge in [-0.05, 0) is 98.6 Å². The Labute approximate surface area is 231 Å². The number of rotatable bonds is 5. The van der Waals surface area contributed by atoms with Crippen LogP contribution < -0.4 is 4.90 Å². The van der Waals surface area contributed by atoms with Crippen LogP contribution in [0.1, 0.15) is 59.1 Å². The number of piperidine rings is 1. The predicted octanol–water partition coefficient (Wildman–Crippen LogP) is 6.26. The fourth-order valence-corrected chi connectivity index (χ4v) is 6.47. The van der Waals surface area contributed by atoms with E-state index in [1.165, 1.54) is 39.2 Å². The van der Waals surface area contributed by atoms with Crippen molar-refractivity contribution in [1.82, 2.24) is 19.4 Å². The minimum Gasteiger partial charge on any atom is -0.344 e. The molecule has 2 aliphatic heterocycles. The van der Waals surface area contributed by atoms with E-state index in [0.717, 1.165) is 81.0 Å². The summed E-state index contributed by atoms with van der Waals surface area (Å²) >= 11 is 0. The number of imidazole rings is 1. The molecule has 0 unspecified atom stereocenters. The minimum absolute atomic E-state index is 0.232. The molecule has 0 bridgehead atoms. The summed E-state index contributed by atoms with van der Waals surface area (Å²) in [6, 6.07) is 18.5. The van der Waals surface area contributed by atoms with Gasteiger partial charge in [-0.25, -0.2) is 9.97 Å². The van der Waals surface area contributed by atoms with Crippen LogP contribution in [0, 0.1) is 31.1 Å². The van der Waals surface area contributed by atoms with Crippen molar-refractivity contribution in [1.29, 1.82) is 5.26 Å². The van der Waals surface area contributed by atoms with Gasteiger partial charge in [0.15, 0.2) is 5.65 Å². The summed E-state index contributed by atoms with van der Waals surface area (Å²) in [5.41, 5.74) is 12.3. The zero-order chi connectivity index (χ0) is 27.1. The largest absolute Gasteiger partial charge is 0.344 e. The molecule has 39 heavy (non-hydrogen) atoms. The molecule has 6 rings (SSSR count). The molecule has 2 aromatic heterocycles. The molecule has 200 valence electrons. The standard InChI is InChI=1S/C33H38N6/c1-5-31-36-32-22(2)16-23(3)35-33(32)39(31)21-26-7-11-30-28(18-26)9-8-27-17-25(6-10-29(27)37(30)4)20-38-14-12-24(19-34)13-15-38/h6-7,10-11,16-18,24H,5,8-9,12-15,20-21H2,1-4H3.